The van der Waals surface area contributed by atoms with Gasteiger partial charge in [0.05, 0.1) is 23.8 Å². The highest BCUT2D eigenvalue weighted by atomic mass is 79.9. The summed E-state index contributed by atoms with van der Waals surface area (Å²) in [6.07, 6.45) is 5.26. The Morgan fingerprint density at radius 3 is 2.86 bits per heavy atom. The fourth-order valence-corrected chi connectivity index (χ4v) is 1.76. The van der Waals surface area contributed by atoms with Gasteiger partial charge in [-0.3, -0.25) is 4.98 Å². The molecule has 0 aliphatic rings. The molecule has 4 nitrogen and oxygen atoms in total. The Morgan fingerprint density at radius 1 is 1.43 bits per heavy atom. The Hall–Kier alpha value is -1.36. The van der Waals surface area contributed by atoms with Crippen LogP contribution in [0.4, 0.5) is 5.69 Å². The standard InChI is InChI=1S/C9H9BrN4/c1-11-8-6-13-14(9(8)10)7-3-2-4-12-5-7/h2-6,11H,1H3. The van der Waals surface area contributed by atoms with Crippen LogP contribution in [0.25, 0.3) is 5.69 Å². The summed E-state index contributed by atoms with van der Waals surface area (Å²) in [5, 5.41) is 7.26. The van der Waals surface area contributed by atoms with Crippen LogP contribution in [0.15, 0.2) is 35.3 Å². The van der Waals surface area contributed by atoms with Crippen molar-refractivity contribution < 1.29 is 0 Å². The lowest BCUT2D eigenvalue weighted by atomic mass is 10.4. The Balaban J connectivity index is 2.48. The summed E-state index contributed by atoms with van der Waals surface area (Å²) in [7, 11) is 1.86. The van der Waals surface area contributed by atoms with Gasteiger partial charge in [0.25, 0.3) is 0 Å². The fraction of sp³-hybridized carbons (Fsp3) is 0.111. The summed E-state index contributed by atoms with van der Waals surface area (Å²) in [5.41, 5.74) is 1.88. The van der Waals surface area contributed by atoms with Crippen LogP contribution in [0, 0.1) is 0 Å². The highest BCUT2D eigenvalue weighted by Gasteiger charge is 2.07. The second kappa shape index (κ2) is 3.79. The van der Waals surface area contributed by atoms with Crippen molar-refractivity contribution >= 4 is 21.6 Å². The molecule has 2 heterocycles. The Bertz CT molecular complexity index is 424. The third-order valence-corrected chi connectivity index (χ3v) is 2.63. The van der Waals surface area contributed by atoms with E-state index in [1.807, 2.05) is 19.2 Å². The molecule has 2 aromatic rings. The summed E-state index contributed by atoms with van der Waals surface area (Å²) in [5.74, 6) is 0. The van der Waals surface area contributed by atoms with Gasteiger partial charge in [0.1, 0.15) is 4.60 Å². The van der Waals surface area contributed by atoms with E-state index in [1.165, 1.54) is 0 Å². The maximum Gasteiger partial charge on any atom is 0.133 e. The van der Waals surface area contributed by atoms with Gasteiger partial charge in [-0.25, -0.2) is 4.68 Å². The predicted molar refractivity (Wildman–Crippen MR) is 58.6 cm³/mol. The summed E-state index contributed by atoms with van der Waals surface area (Å²) in [6.45, 7) is 0. The zero-order chi connectivity index (χ0) is 9.97. The molecule has 0 saturated carbocycles. The SMILES string of the molecule is CNc1cnn(-c2cccnc2)c1Br. The van der Waals surface area contributed by atoms with Gasteiger partial charge in [-0.15, -0.1) is 0 Å². The van der Waals surface area contributed by atoms with Crippen molar-refractivity contribution in [3.8, 4) is 5.69 Å². The predicted octanol–water partition coefficient (Wildman–Crippen LogP) is 2.07. The summed E-state index contributed by atoms with van der Waals surface area (Å²) in [6, 6.07) is 3.83. The van der Waals surface area contributed by atoms with Crippen molar-refractivity contribution in [2.24, 2.45) is 0 Å². The van der Waals surface area contributed by atoms with Crippen molar-refractivity contribution in [1.29, 1.82) is 0 Å². The molecule has 0 radical (unpaired) electrons. The van der Waals surface area contributed by atoms with E-state index in [1.54, 1.807) is 23.3 Å². The molecule has 1 N–H and O–H groups in total. The quantitative estimate of drug-likeness (QED) is 0.890. The number of halogens is 1. The van der Waals surface area contributed by atoms with E-state index in [0.717, 1.165) is 16.0 Å². The van der Waals surface area contributed by atoms with E-state index in [-0.39, 0.29) is 0 Å². The molecule has 0 aliphatic carbocycles. The van der Waals surface area contributed by atoms with Crippen molar-refractivity contribution in [2.75, 3.05) is 12.4 Å². The van der Waals surface area contributed by atoms with Crippen molar-refractivity contribution in [2.45, 2.75) is 0 Å². The van der Waals surface area contributed by atoms with Crippen molar-refractivity contribution in [3.63, 3.8) is 0 Å². The molecule has 72 valence electrons. The fourth-order valence-electron chi connectivity index (χ4n) is 1.16. The molecule has 0 atom stereocenters. The van der Waals surface area contributed by atoms with Gasteiger partial charge in [0, 0.05) is 13.2 Å². The third kappa shape index (κ3) is 1.50. The Morgan fingerprint density at radius 2 is 2.29 bits per heavy atom. The summed E-state index contributed by atoms with van der Waals surface area (Å²) < 4.78 is 2.67. The van der Waals surface area contributed by atoms with Crippen LogP contribution >= 0.6 is 15.9 Å². The smallest absolute Gasteiger partial charge is 0.133 e. The third-order valence-electron chi connectivity index (χ3n) is 1.87. The summed E-state index contributed by atoms with van der Waals surface area (Å²) >= 11 is 3.46. The molecule has 0 fully saturated rings. The molecule has 5 heteroatoms. The van der Waals surface area contributed by atoms with Crippen LogP contribution in [-0.4, -0.2) is 21.8 Å². The first kappa shape index (κ1) is 9.21. The van der Waals surface area contributed by atoms with Crippen LogP contribution in [0.3, 0.4) is 0 Å². The maximum absolute atomic E-state index is 4.22. The normalized spacial score (nSPS) is 10.1. The Kier molecular flexibility index (Phi) is 2.49. The second-order valence-corrected chi connectivity index (χ2v) is 3.47. The average Bonchev–Trinajstić information content (AvgIpc) is 2.61. The topological polar surface area (TPSA) is 42.7 Å². The van der Waals surface area contributed by atoms with Crippen LogP contribution in [0.2, 0.25) is 0 Å². The molecule has 0 bridgehead atoms. The number of hydrogen-bond donors (Lipinski definition) is 1. The number of hydrogen-bond acceptors (Lipinski definition) is 3. The van der Waals surface area contributed by atoms with Gasteiger partial charge in [-0.1, -0.05) is 0 Å². The number of nitrogens with one attached hydrogen (secondary N) is 1. The number of rotatable bonds is 2. The first-order chi connectivity index (χ1) is 6.83. The lowest BCUT2D eigenvalue weighted by molar-refractivity contribution is 0.855. The van der Waals surface area contributed by atoms with Gasteiger partial charge < -0.3 is 5.32 Å². The van der Waals surface area contributed by atoms with Crippen LogP contribution in [-0.2, 0) is 0 Å². The molecule has 2 rings (SSSR count). The highest BCUT2D eigenvalue weighted by molar-refractivity contribution is 9.10. The van der Waals surface area contributed by atoms with E-state index < -0.39 is 0 Å². The lowest BCUT2D eigenvalue weighted by Gasteiger charge is -2.02. The molecule has 0 aromatic carbocycles. The van der Waals surface area contributed by atoms with Gasteiger partial charge >= 0.3 is 0 Å². The number of anilines is 1. The molecule has 0 amide bonds. The van der Waals surface area contributed by atoms with E-state index in [2.05, 4.69) is 31.3 Å². The molecule has 2 aromatic heterocycles. The maximum atomic E-state index is 4.22. The highest BCUT2D eigenvalue weighted by Crippen LogP contribution is 2.23. The van der Waals surface area contributed by atoms with Gasteiger partial charge in [0.15, 0.2) is 0 Å². The van der Waals surface area contributed by atoms with E-state index in [9.17, 15) is 0 Å². The van der Waals surface area contributed by atoms with E-state index >= 15 is 0 Å². The van der Waals surface area contributed by atoms with Crippen LogP contribution in [0.5, 0.6) is 0 Å². The minimum Gasteiger partial charge on any atom is -0.385 e. The van der Waals surface area contributed by atoms with Crippen LogP contribution < -0.4 is 5.32 Å². The lowest BCUT2D eigenvalue weighted by Crippen LogP contribution is -1.97. The monoisotopic (exact) mass is 252 g/mol. The first-order valence-corrected chi connectivity index (χ1v) is 4.94. The number of aromatic nitrogens is 3. The molecule has 0 aliphatic heterocycles. The summed E-state index contributed by atoms with van der Waals surface area (Å²) in [4.78, 5) is 4.04. The van der Waals surface area contributed by atoms with Crippen molar-refractivity contribution in [3.05, 3.63) is 35.3 Å². The van der Waals surface area contributed by atoms with Crippen molar-refractivity contribution in [1.82, 2.24) is 14.8 Å². The van der Waals surface area contributed by atoms with Gasteiger partial charge in [-0.05, 0) is 28.1 Å². The molecular weight excluding hydrogens is 244 g/mol. The molecule has 0 spiro atoms. The minimum absolute atomic E-state index is 0.896. The molecular formula is C9H9BrN4. The van der Waals surface area contributed by atoms with Gasteiger partial charge in [-0.2, -0.15) is 5.10 Å². The number of pyridine rings is 1. The van der Waals surface area contributed by atoms with E-state index in [4.69, 9.17) is 0 Å². The largest absolute Gasteiger partial charge is 0.385 e. The van der Waals surface area contributed by atoms with Crippen LogP contribution in [0.1, 0.15) is 0 Å². The van der Waals surface area contributed by atoms with E-state index in [0.29, 0.717) is 0 Å². The second-order valence-electron chi connectivity index (χ2n) is 2.72. The molecule has 0 saturated heterocycles. The zero-order valence-electron chi connectivity index (χ0n) is 7.61. The molecule has 14 heavy (non-hydrogen) atoms. The number of nitrogens with zero attached hydrogens (tertiary/aromatic N) is 3. The first-order valence-electron chi connectivity index (χ1n) is 4.14. The minimum atomic E-state index is 0.896. The Labute approximate surface area is 90.1 Å². The van der Waals surface area contributed by atoms with Gasteiger partial charge in [0.2, 0.25) is 0 Å². The average molecular weight is 253 g/mol. The molecule has 0 unspecified atom stereocenters. The zero-order valence-corrected chi connectivity index (χ0v) is 9.19.